The first kappa shape index (κ1) is 21.5. The van der Waals surface area contributed by atoms with E-state index in [2.05, 4.69) is 63.3 Å². The summed E-state index contributed by atoms with van der Waals surface area (Å²) in [5.74, 6) is 1.90. The summed E-state index contributed by atoms with van der Waals surface area (Å²) in [5.41, 5.74) is 1.18. The lowest BCUT2D eigenvalue weighted by Gasteiger charge is -2.34. The number of likely N-dealkylation sites (N-methyl/N-ethyl adjacent to an activating group) is 1. The summed E-state index contributed by atoms with van der Waals surface area (Å²) < 4.78 is 0. The van der Waals surface area contributed by atoms with Gasteiger partial charge in [-0.05, 0) is 38.1 Å². The molecule has 0 radical (unpaired) electrons. The Morgan fingerprint density at radius 2 is 2.00 bits per heavy atom. The third-order valence-electron chi connectivity index (χ3n) is 5.02. The Balaban J connectivity index is 1.54. The molecule has 1 aliphatic rings. The Bertz CT molecular complexity index is 781. The zero-order valence-electron chi connectivity index (χ0n) is 17.8. The van der Waals surface area contributed by atoms with Gasteiger partial charge in [0.05, 0.1) is 11.6 Å². The molecule has 0 aromatic carbocycles. The molecule has 7 nitrogen and oxygen atoms in total. The monoisotopic (exact) mass is 415 g/mol. The molecule has 0 aliphatic carbocycles. The Morgan fingerprint density at radius 3 is 2.69 bits per heavy atom. The van der Waals surface area contributed by atoms with Crippen LogP contribution in [0.1, 0.15) is 29.3 Å². The van der Waals surface area contributed by atoms with E-state index in [9.17, 15) is 0 Å². The Hall–Kier alpha value is -2.19. The maximum Gasteiger partial charge on any atom is 0.191 e. The Kier molecular flexibility index (Phi) is 8.25. The van der Waals surface area contributed by atoms with Gasteiger partial charge >= 0.3 is 0 Å². The first-order valence-electron chi connectivity index (χ1n) is 10.5. The van der Waals surface area contributed by atoms with E-state index in [1.807, 2.05) is 12.4 Å². The molecular formula is C21H33N7S. The lowest BCUT2D eigenvalue weighted by molar-refractivity contribution is 0.270. The topological polar surface area (TPSA) is 68.7 Å². The van der Waals surface area contributed by atoms with Crippen LogP contribution in [-0.4, -0.2) is 66.6 Å². The van der Waals surface area contributed by atoms with Crippen LogP contribution in [0.15, 0.2) is 29.5 Å². The molecule has 2 aromatic heterocycles. The number of aliphatic imine (C=N–C) groups is 1. The van der Waals surface area contributed by atoms with Crippen molar-refractivity contribution in [2.24, 2.45) is 4.99 Å². The second kappa shape index (κ2) is 11.1. The average molecular weight is 416 g/mol. The van der Waals surface area contributed by atoms with Crippen molar-refractivity contribution in [2.45, 2.75) is 33.7 Å². The van der Waals surface area contributed by atoms with E-state index in [1.165, 1.54) is 10.4 Å². The summed E-state index contributed by atoms with van der Waals surface area (Å²) >= 11 is 1.75. The van der Waals surface area contributed by atoms with Crippen molar-refractivity contribution < 1.29 is 0 Å². The Labute approximate surface area is 178 Å². The lowest BCUT2D eigenvalue weighted by Crippen LogP contribution is -2.46. The van der Waals surface area contributed by atoms with Gasteiger partial charge in [-0.1, -0.05) is 6.92 Å². The van der Waals surface area contributed by atoms with Gasteiger partial charge in [-0.25, -0.2) is 15.0 Å². The fourth-order valence-electron chi connectivity index (χ4n) is 3.34. The highest BCUT2D eigenvalue weighted by molar-refractivity contribution is 7.11. The highest BCUT2D eigenvalue weighted by Gasteiger charge is 2.16. The maximum atomic E-state index is 4.75. The molecule has 2 N–H and O–H groups in total. The second-order valence-corrected chi connectivity index (χ2v) is 8.50. The fraction of sp³-hybridized carbons (Fsp3) is 0.571. The van der Waals surface area contributed by atoms with Crippen LogP contribution in [-0.2, 0) is 13.0 Å². The summed E-state index contributed by atoms with van der Waals surface area (Å²) in [6.07, 6.45) is 4.74. The van der Waals surface area contributed by atoms with E-state index in [0.717, 1.165) is 69.0 Å². The second-order valence-electron chi connectivity index (χ2n) is 7.18. The zero-order valence-corrected chi connectivity index (χ0v) is 18.6. The quantitative estimate of drug-likeness (QED) is 0.509. The van der Waals surface area contributed by atoms with Gasteiger partial charge in [0.2, 0.25) is 0 Å². The van der Waals surface area contributed by atoms with E-state index < -0.39 is 0 Å². The highest BCUT2D eigenvalue weighted by Crippen LogP contribution is 2.16. The number of nitrogens with one attached hydrogen (secondary N) is 2. The summed E-state index contributed by atoms with van der Waals surface area (Å²) in [6, 6.07) is 4.23. The molecule has 1 saturated heterocycles. The first-order valence-corrected chi connectivity index (χ1v) is 11.3. The number of nitrogens with zero attached hydrogens (tertiary/aromatic N) is 5. The number of anilines is 1. The molecule has 3 rings (SSSR count). The summed E-state index contributed by atoms with van der Waals surface area (Å²) in [6.45, 7) is 14.1. The van der Waals surface area contributed by atoms with Crippen LogP contribution in [0, 0.1) is 6.92 Å². The third-order valence-corrected chi connectivity index (χ3v) is 5.99. The number of pyridine rings is 1. The molecule has 0 spiro atoms. The lowest BCUT2D eigenvalue weighted by atomic mass is 10.2. The van der Waals surface area contributed by atoms with Gasteiger partial charge < -0.3 is 20.4 Å². The molecular weight excluding hydrogens is 382 g/mol. The van der Waals surface area contributed by atoms with Crippen LogP contribution in [0.2, 0.25) is 0 Å². The van der Waals surface area contributed by atoms with Gasteiger partial charge in [0, 0.05) is 63.0 Å². The van der Waals surface area contributed by atoms with Crippen LogP contribution in [0.3, 0.4) is 0 Å². The SMILES string of the molecule is CCNC(=NCc1ccnc(N2CCN(CC)CC2)c1)NCCc1ncc(C)s1. The van der Waals surface area contributed by atoms with Crippen LogP contribution in [0.5, 0.6) is 0 Å². The molecule has 2 aromatic rings. The predicted octanol–water partition coefficient (Wildman–Crippen LogP) is 2.29. The van der Waals surface area contributed by atoms with Gasteiger partial charge in [0.25, 0.3) is 0 Å². The van der Waals surface area contributed by atoms with Crippen molar-refractivity contribution in [3.05, 3.63) is 40.0 Å². The van der Waals surface area contributed by atoms with Crippen LogP contribution in [0.4, 0.5) is 5.82 Å². The number of thiazole rings is 1. The van der Waals surface area contributed by atoms with E-state index in [4.69, 9.17) is 4.99 Å². The van der Waals surface area contributed by atoms with E-state index in [0.29, 0.717) is 6.54 Å². The van der Waals surface area contributed by atoms with Crippen molar-refractivity contribution in [3.8, 4) is 0 Å². The minimum absolute atomic E-state index is 0.635. The number of aromatic nitrogens is 2. The number of rotatable bonds is 8. The van der Waals surface area contributed by atoms with Gasteiger partial charge in [-0.15, -0.1) is 11.3 Å². The standard InChI is InChI=1S/C21H33N7S/c1-4-22-21(24-9-7-20-25-15-17(3)29-20)26-16-18-6-8-23-19(14-18)28-12-10-27(5-2)11-13-28/h6,8,14-15H,4-5,7,9-13,16H2,1-3H3,(H2,22,24,26). The average Bonchev–Trinajstić information content (AvgIpc) is 3.17. The number of hydrogen-bond donors (Lipinski definition) is 2. The van der Waals surface area contributed by atoms with Gasteiger partial charge in [0.1, 0.15) is 5.82 Å². The van der Waals surface area contributed by atoms with Crippen molar-refractivity contribution >= 4 is 23.1 Å². The van der Waals surface area contributed by atoms with Gasteiger partial charge in [-0.3, -0.25) is 0 Å². The summed E-state index contributed by atoms with van der Waals surface area (Å²) in [5, 5.41) is 7.90. The highest BCUT2D eigenvalue weighted by atomic mass is 32.1. The van der Waals surface area contributed by atoms with Gasteiger partial charge in [0.15, 0.2) is 5.96 Å². The van der Waals surface area contributed by atoms with Crippen molar-refractivity contribution in [2.75, 3.05) is 50.7 Å². The molecule has 1 fully saturated rings. The molecule has 1 aliphatic heterocycles. The normalized spacial score (nSPS) is 15.6. The smallest absolute Gasteiger partial charge is 0.191 e. The van der Waals surface area contributed by atoms with Crippen LogP contribution in [0.25, 0.3) is 0 Å². The molecule has 0 amide bonds. The minimum atomic E-state index is 0.635. The van der Waals surface area contributed by atoms with Crippen molar-refractivity contribution in [3.63, 3.8) is 0 Å². The van der Waals surface area contributed by atoms with E-state index >= 15 is 0 Å². The van der Waals surface area contributed by atoms with Gasteiger partial charge in [-0.2, -0.15) is 0 Å². The van der Waals surface area contributed by atoms with Crippen molar-refractivity contribution in [1.82, 2.24) is 25.5 Å². The number of hydrogen-bond acceptors (Lipinski definition) is 6. The molecule has 8 heteroatoms. The summed E-state index contributed by atoms with van der Waals surface area (Å²) in [7, 11) is 0. The minimum Gasteiger partial charge on any atom is -0.357 e. The van der Waals surface area contributed by atoms with E-state index in [1.54, 1.807) is 11.3 Å². The molecule has 3 heterocycles. The van der Waals surface area contributed by atoms with Crippen LogP contribution < -0.4 is 15.5 Å². The third kappa shape index (κ3) is 6.68. The van der Waals surface area contributed by atoms with E-state index in [-0.39, 0.29) is 0 Å². The molecule has 0 bridgehead atoms. The van der Waals surface area contributed by atoms with Crippen molar-refractivity contribution in [1.29, 1.82) is 0 Å². The molecule has 0 saturated carbocycles. The molecule has 158 valence electrons. The number of piperazine rings is 1. The maximum absolute atomic E-state index is 4.75. The molecule has 0 atom stereocenters. The number of aryl methyl sites for hydroxylation is 1. The first-order chi connectivity index (χ1) is 14.2. The zero-order chi connectivity index (χ0) is 20.5. The van der Waals surface area contributed by atoms with Crippen LogP contribution >= 0.6 is 11.3 Å². The molecule has 29 heavy (non-hydrogen) atoms. The molecule has 0 unspecified atom stereocenters. The fourth-order valence-corrected chi connectivity index (χ4v) is 4.13. The number of guanidine groups is 1. The largest absolute Gasteiger partial charge is 0.357 e. The summed E-state index contributed by atoms with van der Waals surface area (Å²) in [4.78, 5) is 19.9. The predicted molar refractivity (Wildman–Crippen MR) is 122 cm³/mol. The Morgan fingerprint density at radius 1 is 1.17 bits per heavy atom.